The molecule has 0 saturated heterocycles. The third-order valence-electron chi connectivity index (χ3n) is 2.83. The Bertz CT molecular complexity index is 753. The number of aromatic nitrogens is 3. The third-order valence-corrected chi connectivity index (χ3v) is 2.83. The molecule has 0 radical (unpaired) electrons. The number of benzene rings is 1. The van der Waals surface area contributed by atoms with E-state index in [-0.39, 0.29) is 11.8 Å². The lowest BCUT2D eigenvalue weighted by Gasteiger charge is -2.09. The van der Waals surface area contributed by atoms with Crippen LogP contribution in [0.25, 0.3) is 16.8 Å². The maximum atomic E-state index is 13.5. The van der Waals surface area contributed by atoms with E-state index in [2.05, 4.69) is 10.1 Å². The van der Waals surface area contributed by atoms with Gasteiger partial charge in [0.15, 0.2) is 5.65 Å². The zero-order chi connectivity index (χ0) is 13.4. The molecule has 0 amide bonds. The van der Waals surface area contributed by atoms with Crippen LogP contribution >= 0.6 is 0 Å². The van der Waals surface area contributed by atoms with Gasteiger partial charge in [-0.25, -0.2) is 8.91 Å². The average Bonchev–Trinajstić information content (AvgIpc) is 2.78. The van der Waals surface area contributed by atoms with E-state index in [1.807, 2.05) is 6.07 Å². The summed E-state index contributed by atoms with van der Waals surface area (Å²) in [5, 5.41) is 4.03. The number of fused-ring (bicyclic) bond motifs is 1. The first-order valence-electron chi connectivity index (χ1n) is 5.64. The molecule has 1 aromatic carbocycles. The summed E-state index contributed by atoms with van der Waals surface area (Å²) in [7, 11) is 1.54. The van der Waals surface area contributed by atoms with Gasteiger partial charge in [-0.1, -0.05) is 0 Å². The molecule has 0 unspecified atom stereocenters. The van der Waals surface area contributed by atoms with E-state index >= 15 is 0 Å². The van der Waals surface area contributed by atoms with Crippen molar-refractivity contribution in [3.8, 4) is 16.9 Å². The van der Waals surface area contributed by atoms with Crippen LogP contribution in [0.3, 0.4) is 0 Å². The molecule has 0 aliphatic carbocycles. The molecule has 0 bridgehead atoms. The summed E-state index contributed by atoms with van der Waals surface area (Å²) in [5.41, 5.74) is 7.47. The summed E-state index contributed by atoms with van der Waals surface area (Å²) in [6.07, 6.45) is 1.73. The largest absolute Gasteiger partial charge is 0.496 e. The number of methoxy groups -OCH3 is 1. The van der Waals surface area contributed by atoms with Gasteiger partial charge in [0.2, 0.25) is 5.95 Å². The van der Waals surface area contributed by atoms with Gasteiger partial charge in [-0.2, -0.15) is 4.98 Å². The lowest BCUT2D eigenvalue weighted by Crippen LogP contribution is -1.93. The first kappa shape index (κ1) is 11.5. The van der Waals surface area contributed by atoms with E-state index in [0.717, 1.165) is 0 Å². The molecule has 0 saturated carbocycles. The van der Waals surface area contributed by atoms with Crippen LogP contribution in [0.4, 0.5) is 10.3 Å². The summed E-state index contributed by atoms with van der Waals surface area (Å²) in [5.74, 6) is 0.393. The van der Waals surface area contributed by atoms with Crippen molar-refractivity contribution >= 4 is 11.6 Å². The lowest BCUT2D eigenvalue weighted by molar-refractivity contribution is 0.415. The molecule has 2 N–H and O–H groups in total. The molecule has 0 fully saturated rings. The van der Waals surface area contributed by atoms with Gasteiger partial charge in [-0.3, -0.25) is 0 Å². The maximum Gasteiger partial charge on any atom is 0.240 e. The van der Waals surface area contributed by atoms with Gasteiger partial charge in [0.1, 0.15) is 11.6 Å². The molecule has 3 aromatic rings. The standard InChI is InChI=1S/C13H11FN4O/c1-19-11-5-4-8(14)7-10(11)9-3-2-6-18-12(9)16-13(15)17-18/h2-7H,1H3,(H2,15,17). The highest BCUT2D eigenvalue weighted by atomic mass is 19.1. The number of hydrogen-bond acceptors (Lipinski definition) is 4. The predicted molar refractivity (Wildman–Crippen MR) is 69.3 cm³/mol. The second-order valence-electron chi connectivity index (χ2n) is 4.00. The van der Waals surface area contributed by atoms with E-state index in [1.165, 1.54) is 19.2 Å². The zero-order valence-corrected chi connectivity index (χ0v) is 10.2. The van der Waals surface area contributed by atoms with Gasteiger partial charge in [-0.05, 0) is 30.3 Å². The fourth-order valence-electron chi connectivity index (χ4n) is 2.02. The van der Waals surface area contributed by atoms with Crippen LogP contribution in [-0.2, 0) is 0 Å². The predicted octanol–water partition coefficient (Wildman–Crippen LogP) is 2.13. The second kappa shape index (κ2) is 4.24. The molecule has 2 aromatic heterocycles. The Kier molecular flexibility index (Phi) is 2.56. The van der Waals surface area contributed by atoms with Crippen LogP contribution in [0.5, 0.6) is 5.75 Å². The summed E-state index contributed by atoms with van der Waals surface area (Å²) < 4.78 is 20.3. The summed E-state index contributed by atoms with van der Waals surface area (Å²) in [6, 6.07) is 7.94. The Labute approximate surface area is 108 Å². The topological polar surface area (TPSA) is 65.4 Å². The van der Waals surface area contributed by atoms with Crippen LogP contribution in [0.15, 0.2) is 36.5 Å². The fraction of sp³-hybridized carbons (Fsp3) is 0.0769. The second-order valence-corrected chi connectivity index (χ2v) is 4.00. The van der Waals surface area contributed by atoms with Gasteiger partial charge < -0.3 is 10.5 Å². The molecule has 0 atom stereocenters. The van der Waals surface area contributed by atoms with Crippen LogP contribution in [0.2, 0.25) is 0 Å². The minimum absolute atomic E-state index is 0.169. The van der Waals surface area contributed by atoms with Gasteiger partial charge >= 0.3 is 0 Å². The third kappa shape index (κ3) is 1.87. The minimum atomic E-state index is -0.342. The molecule has 2 heterocycles. The van der Waals surface area contributed by atoms with E-state index in [1.54, 1.807) is 22.8 Å². The van der Waals surface area contributed by atoms with Crippen molar-refractivity contribution < 1.29 is 9.13 Å². The monoisotopic (exact) mass is 258 g/mol. The van der Waals surface area contributed by atoms with Crippen molar-refractivity contribution in [3.63, 3.8) is 0 Å². The van der Waals surface area contributed by atoms with E-state index in [4.69, 9.17) is 10.5 Å². The molecule has 0 spiro atoms. The Balaban J connectivity index is 2.32. The van der Waals surface area contributed by atoms with Gasteiger partial charge in [0.05, 0.1) is 7.11 Å². The summed E-state index contributed by atoms with van der Waals surface area (Å²) >= 11 is 0. The average molecular weight is 258 g/mol. The van der Waals surface area contributed by atoms with Crippen molar-refractivity contribution in [1.29, 1.82) is 0 Å². The van der Waals surface area contributed by atoms with Crippen molar-refractivity contribution in [2.75, 3.05) is 12.8 Å². The number of ether oxygens (including phenoxy) is 1. The van der Waals surface area contributed by atoms with Crippen LogP contribution in [0, 0.1) is 5.82 Å². The molecule has 96 valence electrons. The van der Waals surface area contributed by atoms with Crippen LogP contribution < -0.4 is 10.5 Å². The van der Waals surface area contributed by atoms with Gasteiger partial charge in [0, 0.05) is 17.3 Å². The molecular formula is C13H11FN4O. The minimum Gasteiger partial charge on any atom is -0.496 e. The highest BCUT2D eigenvalue weighted by Crippen LogP contribution is 2.32. The highest BCUT2D eigenvalue weighted by molar-refractivity contribution is 5.81. The number of hydrogen-bond donors (Lipinski definition) is 1. The van der Waals surface area contributed by atoms with Crippen LogP contribution in [-0.4, -0.2) is 21.7 Å². The first-order valence-corrected chi connectivity index (χ1v) is 5.64. The zero-order valence-electron chi connectivity index (χ0n) is 10.2. The number of pyridine rings is 1. The normalized spacial score (nSPS) is 10.8. The molecule has 6 heteroatoms. The van der Waals surface area contributed by atoms with E-state index in [9.17, 15) is 4.39 Å². The summed E-state index contributed by atoms with van der Waals surface area (Å²) in [4.78, 5) is 4.15. The van der Waals surface area contributed by atoms with Gasteiger partial charge in [0.25, 0.3) is 0 Å². The molecule has 0 aliphatic rings. The van der Waals surface area contributed by atoms with Crippen molar-refractivity contribution in [3.05, 3.63) is 42.3 Å². The Hall–Kier alpha value is -2.63. The number of anilines is 1. The summed E-state index contributed by atoms with van der Waals surface area (Å²) in [6.45, 7) is 0. The maximum absolute atomic E-state index is 13.5. The smallest absolute Gasteiger partial charge is 0.240 e. The lowest BCUT2D eigenvalue weighted by atomic mass is 10.1. The van der Waals surface area contributed by atoms with E-state index < -0.39 is 0 Å². The first-order chi connectivity index (χ1) is 9.19. The molecule has 5 nitrogen and oxygen atoms in total. The Morgan fingerprint density at radius 2 is 2.11 bits per heavy atom. The van der Waals surface area contributed by atoms with E-state index in [0.29, 0.717) is 22.5 Å². The van der Waals surface area contributed by atoms with Crippen LogP contribution in [0.1, 0.15) is 0 Å². The fourth-order valence-corrected chi connectivity index (χ4v) is 2.02. The number of nitrogens with two attached hydrogens (primary N) is 1. The Morgan fingerprint density at radius 3 is 2.89 bits per heavy atom. The van der Waals surface area contributed by atoms with Gasteiger partial charge in [-0.15, -0.1) is 5.10 Å². The molecule has 0 aliphatic heterocycles. The Morgan fingerprint density at radius 1 is 1.26 bits per heavy atom. The number of rotatable bonds is 2. The van der Waals surface area contributed by atoms with Crippen molar-refractivity contribution in [2.24, 2.45) is 0 Å². The van der Waals surface area contributed by atoms with Crippen molar-refractivity contribution in [2.45, 2.75) is 0 Å². The quantitative estimate of drug-likeness (QED) is 0.764. The number of halogens is 1. The SMILES string of the molecule is COc1ccc(F)cc1-c1cccn2nc(N)nc12. The number of nitrogen functional groups attached to an aromatic ring is 1. The number of nitrogens with zero attached hydrogens (tertiary/aromatic N) is 3. The highest BCUT2D eigenvalue weighted by Gasteiger charge is 2.13. The molecule has 19 heavy (non-hydrogen) atoms. The van der Waals surface area contributed by atoms with Crippen molar-refractivity contribution in [1.82, 2.24) is 14.6 Å². The molecular weight excluding hydrogens is 247 g/mol. The molecule has 3 rings (SSSR count).